The van der Waals surface area contributed by atoms with E-state index >= 15 is 0 Å². The Morgan fingerprint density at radius 3 is 2.24 bits per heavy atom. The van der Waals surface area contributed by atoms with Crippen molar-refractivity contribution in [3.05, 3.63) is 0 Å². The highest BCUT2D eigenvalue weighted by molar-refractivity contribution is 4.89. The predicted octanol–water partition coefficient (Wildman–Crippen LogP) is 2.92. The van der Waals surface area contributed by atoms with Crippen LogP contribution in [0.4, 0.5) is 0 Å². The number of hydrogen-bond donors (Lipinski definition) is 1. The van der Waals surface area contributed by atoms with Gasteiger partial charge in [0.05, 0.1) is 0 Å². The predicted molar refractivity (Wildman–Crippen MR) is 93.8 cm³/mol. The van der Waals surface area contributed by atoms with E-state index in [9.17, 15) is 0 Å². The van der Waals surface area contributed by atoms with E-state index < -0.39 is 0 Å². The summed E-state index contributed by atoms with van der Waals surface area (Å²) in [6.45, 7) is 10.9. The summed E-state index contributed by atoms with van der Waals surface area (Å²) in [6.07, 6.45) is 5.38. The summed E-state index contributed by atoms with van der Waals surface area (Å²) in [5, 5.41) is 3.57. The zero-order chi connectivity index (χ0) is 16.0. The first-order valence-electron chi connectivity index (χ1n) is 8.74. The Kier molecular flexibility index (Phi) is 7.66. The van der Waals surface area contributed by atoms with Crippen LogP contribution in [0.5, 0.6) is 0 Å². The van der Waals surface area contributed by atoms with Crippen LogP contribution in [0.2, 0.25) is 0 Å². The van der Waals surface area contributed by atoms with Crippen LogP contribution in [-0.4, -0.2) is 63.7 Å². The first kappa shape index (κ1) is 18.9. The molecule has 1 aliphatic rings. The van der Waals surface area contributed by atoms with Gasteiger partial charge in [-0.3, -0.25) is 0 Å². The minimum atomic E-state index is 0.459. The van der Waals surface area contributed by atoms with Crippen molar-refractivity contribution in [2.24, 2.45) is 17.3 Å². The van der Waals surface area contributed by atoms with Crippen molar-refractivity contribution in [1.29, 1.82) is 0 Å². The summed E-state index contributed by atoms with van der Waals surface area (Å²) in [7, 11) is 8.75. The van der Waals surface area contributed by atoms with Crippen LogP contribution in [0.15, 0.2) is 0 Å². The Balaban J connectivity index is 2.47. The van der Waals surface area contributed by atoms with Crippen LogP contribution >= 0.6 is 0 Å². The fourth-order valence-electron chi connectivity index (χ4n) is 3.78. The molecule has 0 aromatic carbocycles. The Labute approximate surface area is 133 Å². The third kappa shape index (κ3) is 6.66. The van der Waals surface area contributed by atoms with Crippen molar-refractivity contribution in [3.8, 4) is 0 Å². The van der Waals surface area contributed by atoms with Gasteiger partial charge in [0.1, 0.15) is 0 Å². The first-order valence-corrected chi connectivity index (χ1v) is 8.74. The van der Waals surface area contributed by atoms with E-state index in [0.717, 1.165) is 11.8 Å². The molecule has 3 atom stereocenters. The van der Waals surface area contributed by atoms with Gasteiger partial charge in [-0.15, -0.1) is 0 Å². The molecule has 0 bridgehead atoms. The Hall–Kier alpha value is -0.120. The number of hydrogen-bond acceptors (Lipinski definition) is 3. The fraction of sp³-hybridized carbons (Fsp3) is 1.00. The summed E-state index contributed by atoms with van der Waals surface area (Å²) in [6, 6.07) is 0.708. The van der Waals surface area contributed by atoms with Crippen molar-refractivity contribution in [2.45, 2.75) is 52.5 Å². The summed E-state index contributed by atoms with van der Waals surface area (Å²) in [5.41, 5.74) is 0.459. The molecule has 1 fully saturated rings. The average molecular weight is 298 g/mol. The minimum Gasteiger partial charge on any atom is -0.317 e. The molecule has 0 heterocycles. The van der Waals surface area contributed by atoms with Gasteiger partial charge in [0.2, 0.25) is 0 Å². The van der Waals surface area contributed by atoms with Gasteiger partial charge in [0.25, 0.3) is 0 Å². The molecule has 0 amide bonds. The number of nitrogens with zero attached hydrogens (tertiary/aromatic N) is 2. The molecular formula is C18H39N3. The van der Waals surface area contributed by atoms with Crippen LogP contribution in [0.1, 0.15) is 46.5 Å². The van der Waals surface area contributed by atoms with Gasteiger partial charge in [-0.25, -0.2) is 0 Å². The molecule has 1 saturated carbocycles. The Bertz CT molecular complexity index is 283. The van der Waals surface area contributed by atoms with Gasteiger partial charge in [0, 0.05) is 12.6 Å². The second kappa shape index (κ2) is 8.50. The zero-order valence-corrected chi connectivity index (χ0v) is 15.6. The van der Waals surface area contributed by atoms with Crippen LogP contribution in [0, 0.1) is 17.3 Å². The van der Waals surface area contributed by atoms with E-state index in [0.29, 0.717) is 11.5 Å². The molecular weight excluding hydrogens is 258 g/mol. The highest BCUT2D eigenvalue weighted by Crippen LogP contribution is 2.40. The van der Waals surface area contributed by atoms with Gasteiger partial charge < -0.3 is 15.1 Å². The molecule has 0 radical (unpaired) electrons. The maximum atomic E-state index is 3.57. The summed E-state index contributed by atoms with van der Waals surface area (Å²) in [5.74, 6) is 1.68. The summed E-state index contributed by atoms with van der Waals surface area (Å²) < 4.78 is 0. The highest BCUT2D eigenvalue weighted by Gasteiger charge is 2.35. The molecule has 3 heteroatoms. The van der Waals surface area contributed by atoms with Gasteiger partial charge in [-0.1, -0.05) is 20.8 Å². The molecule has 0 aliphatic heterocycles. The summed E-state index contributed by atoms with van der Waals surface area (Å²) in [4.78, 5) is 4.82. The summed E-state index contributed by atoms with van der Waals surface area (Å²) >= 11 is 0. The van der Waals surface area contributed by atoms with E-state index in [-0.39, 0.29) is 0 Å². The Morgan fingerprint density at radius 2 is 1.71 bits per heavy atom. The lowest BCUT2D eigenvalue weighted by atomic mass is 9.67. The van der Waals surface area contributed by atoms with E-state index in [4.69, 9.17) is 0 Å². The van der Waals surface area contributed by atoms with Crippen LogP contribution in [0.25, 0.3) is 0 Å². The molecule has 3 nitrogen and oxygen atoms in total. The highest BCUT2D eigenvalue weighted by atomic mass is 15.1. The SMILES string of the molecule is CNC1CCC(C(C)(C)C)CC1CN(C)CCCN(C)C. The third-order valence-corrected chi connectivity index (χ3v) is 5.27. The van der Waals surface area contributed by atoms with Crippen molar-refractivity contribution >= 4 is 0 Å². The first-order chi connectivity index (χ1) is 9.74. The van der Waals surface area contributed by atoms with E-state index in [1.807, 2.05) is 0 Å². The minimum absolute atomic E-state index is 0.459. The topological polar surface area (TPSA) is 18.5 Å². The van der Waals surface area contributed by atoms with Crippen LogP contribution in [-0.2, 0) is 0 Å². The van der Waals surface area contributed by atoms with Gasteiger partial charge >= 0.3 is 0 Å². The van der Waals surface area contributed by atoms with Gasteiger partial charge in [0.15, 0.2) is 0 Å². The van der Waals surface area contributed by atoms with Gasteiger partial charge in [-0.05, 0) is 84.2 Å². The molecule has 0 aromatic rings. The molecule has 1 rings (SSSR count). The molecule has 1 N–H and O–H groups in total. The smallest absolute Gasteiger partial charge is 0.0105 e. The largest absolute Gasteiger partial charge is 0.317 e. The third-order valence-electron chi connectivity index (χ3n) is 5.27. The zero-order valence-electron chi connectivity index (χ0n) is 15.6. The maximum Gasteiger partial charge on any atom is 0.0105 e. The second-order valence-corrected chi connectivity index (χ2v) is 8.45. The average Bonchev–Trinajstić information content (AvgIpc) is 2.37. The van der Waals surface area contributed by atoms with Crippen molar-refractivity contribution in [2.75, 3.05) is 47.8 Å². The van der Waals surface area contributed by atoms with Crippen molar-refractivity contribution < 1.29 is 0 Å². The fourth-order valence-corrected chi connectivity index (χ4v) is 3.78. The van der Waals surface area contributed by atoms with Crippen molar-refractivity contribution in [3.63, 3.8) is 0 Å². The molecule has 0 saturated heterocycles. The van der Waals surface area contributed by atoms with E-state index in [1.165, 1.54) is 45.3 Å². The monoisotopic (exact) mass is 297 g/mol. The quantitative estimate of drug-likeness (QED) is 0.779. The van der Waals surface area contributed by atoms with E-state index in [2.05, 4.69) is 64.1 Å². The number of nitrogens with one attached hydrogen (secondary N) is 1. The molecule has 0 spiro atoms. The lowest BCUT2D eigenvalue weighted by Crippen LogP contribution is -2.46. The lowest BCUT2D eigenvalue weighted by molar-refractivity contribution is 0.0953. The Morgan fingerprint density at radius 1 is 1.05 bits per heavy atom. The van der Waals surface area contributed by atoms with Gasteiger partial charge in [-0.2, -0.15) is 0 Å². The van der Waals surface area contributed by atoms with Crippen LogP contribution < -0.4 is 5.32 Å². The molecule has 0 aromatic heterocycles. The second-order valence-electron chi connectivity index (χ2n) is 8.45. The normalized spacial score (nSPS) is 27.6. The maximum absolute atomic E-state index is 3.57. The molecule has 3 unspecified atom stereocenters. The van der Waals surface area contributed by atoms with E-state index in [1.54, 1.807) is 0 Å². The standard InChI is InChI=1S/C18H39N3/c1-18(2,3)16-9-10-17(19-4)15(13-16)14-21(7)12-8-11-20(5)6/h15-17,19H,8-14H2,1-7H3. The van der Waals surface area contributed by atoms with Crippen LogP contribution in [0.3, 0.4) is 0 Å². The lowest BCUT2D eigenvalue weighted by Gasteiger charge is -2.43. The number of rotatable bonds is 7. The molecule has 126 valence electrons. The molecule has 1 aliphatic carbocycles. The molecule has 21 heavy (non-hydrogen) atoms. The van der Waals surface area contributed by atoms with Crippen molar-refractivity contribution in [1.82, 2.24) is 15.1 Å².